The number of aliphatic carboxylic acids is 1. The van der Waals surface area contributed by atoms with Crippen molar-refractivity contribution in [1.29, 1.82) is 0 Å². The van der Waals surface area contributed by atoms with Crippen molar-refractivity contribution in [2.24, 2.45) is 27.5 Å². The number of nitrogens with zero attached hydrogens (tertiary/aromatic N) is 3. The zero-order valence-corrected chi connectivity index (χ0v) is 28.6. The summed E-state index contributed by atoms with van der Waals surface area (Å²) in [5, 5.41) is 9.91. The van der Waals surface area contributed by atoms with Gasteiger partial charge in [-0.1, -0.05) is 110 Å². The Morgan fingerprint density at radius 2 is 1.62 bits per heavy atom. The van der Waals surface area contributed by atoms with E-state index < -0.39 is 16.9 Å². The molecule has 1 saturated carbocycles. The molecule has 5 rings (SSSR count). The molecular weight excluding hydrogens is 564 g/mol. The Balaban J connectivity index is 0.000000591. The number of guanidine groups is 1. The van der Waals surface area contributed by atoms with Crippen LogP contribution >= 0.6 is 0 Å². The number of rotatable bonds is 6. The van der Waals surface area contributed by atoms with E-state index in [2.05, 4.69) is 40.7 Å². The Labute approximate surface area is 269 Å². The first-order valence-corrected chi connectivity index (χ1v) is 16.1. The quantitative estimate of drug-likeness (QED) is 0.473. The normalized spacial score (nSPS) is 21.4. The summed E-state index contributed by atoms with van der Waals surface area (Å²) in [5.41, 5.74) is 9.42. The van der Waals surface area contributed by atoms with Crippen LogP contribution in [-0.2, 0) is 27.1 Å². The van der Waals surface area contributed by atoms with Gasteiger partial charge >= 0.3 is 0 Å². The number of nitrogens with two attached hydrogens (primary N) is 1. The molecule has 0 unspecified atom stereocenters. The summed E-state index contributed by atoms with van der Waals surface area (Å²) in [5.74, 6) is -0.256. The summed E-state index contributed by atoms with van der Waals surface area (Å²) < 4.78 is 0. The third-order valence-electron chi connectivity index (χ3n) is 9.03. The van der Waals surface area contributed by atoms with Crippen molar-refractivity contribution >= 4 is 23.7 Å². The molecule has 2 amide bonds. The van der Waals surface area contributed by atoms with Crippen LogP contribution < -0.4 is 10.8 Å². The van der Waals surface area contributed by atoms with Gasteiger partial charge in [0.05, 0.1) is 6.54 Å². The van der Waals surface area contributed by atoms with E-state index in [4.69, 9.17) is 10.7 Å². The number of hydrogen-bond acceptors (Lipinski definition) is 6. The van der Waals surface area contributed by atoms with Gasteiger partial charge in [-0.05, 0) is 59.3 Å². The molecule has 2 fully saturated rings. The number of aliphatic imine (C=N–C) groups is 1. The van der Waals surface area contributed by atoms with E-state index in [1.807, 2.05) is 48.2 Å². The Kier molecular flexibility index (Phi) is 9.31. The molecule has 2 aromatic rings. The van der Waals surface area contributed by atoms with E-state index in [0.29, 0.717) is 18.9 Å². The largest absolute Gasteiger partial charge is 0.550 e. The average Bonchev–Trinajstić information content (AvgIpc) is 3.63. The van der Waals surface area contributed by atoms with Gasteiger partial charge in [-0.2, -0.15) is 0 Å². The van der Waals surface area contributed by atoms with Crippen LogP contribution in [0.3, 0.4) is 0 Å². The smallest absolute Gasteiger partial charge is 0.262 e. The molecule has 0 radical (unpaired) electrons. The fraction of sp³-hybridized carbons (Fsp3) is 0.568. The van der Waals surface area contributed by atoms with E-state index in [-0.39, 0.29) is 28.6 Å². The maximum atomic E-state index is 14.1. The van der Waals surface area contributed by atoms with Gasteiger partial charge in [-0.3, -0.25) is 14.5 Å². The molecule has 3 aliphatic rings. The van der Waals surface area contributed by atoms with E-state index in [9.17, 15) is 19.5 Å². The third kappa shape index (κ3) is 7.77. The number of aryl methyl sites for hydroxylation is 1. The molecule has 8 nitrogen and oxygen atoms in total. The average molecular weight is 616 g/mol. The predicted octanol–water partition coefficient (Wildman–Crippen LogP) is 5.30. The van der Waals surface area contributed by atoms with Crippen molar-refractivity contribution in [2.45, 2.75) is 105 Å². The summed E-state index contributed by atoms with van der Waals surface area (Å²) in [7, 11) is 0. The molecular formula is C37H51N4O4-. The van der Waals surface area contributed by atoms with Crippen LogP contribution in [0.15, 0.2) is 47.5 Å². The summed E-state index contributed by atoms with van der Waals surface area (Å²) in [6.07, 6.45) is 3.94. The molecule has 2 N–H and O–H groups in total. The number of carbonyl (C=O) groups excluding carboxylic acids is 3. The first-order chi connectivity index (χ1) is 20.7. The first-order valence-electron chi connectivity index (χ1n) is 16.1. The molecule has 1 atom stereocenters. The van der Waals surface area contributed by atoms with Crippen LogP contribution in [-0.4, -0.2) is 46.6 Å². The van der Waals surface area contributed by atoms with Crippen LogP contribution in [0.1, 0.15) is 114 Å². The highest BCUT2D eigenvalue weighted by atomic mass is 16.4. The van der Waals surface area contributed by atoms with Crippen molar-refractivity contribution < 1.29 is 19.5 Å². The van der Waals surface area contributed by atoms with Gasteiger partial charge in [0.15, 0.2) is 11.5 Å². The molecule has 0 bridgehead atoms. The molecule has 0 spiro atoms. The van der Waals surface area contributed by atoms with Crippen molar-refractivity contribution in [3.05, 3.63) is 70.3 Å². The van der Waals surface area contributed by atoms with Gasteiger partial charge in [-0.15, -0.1) is 0 Å². The molecule has 45 heavy (non-hydrogen) atoms. The predicted molar refractivity (Wildman–Crippen MR) is 176 cm³/mol. The van der Waals surface area contributed by atoms with Gasteiger partial charge in [0, 0.05) is 30.0 Å². The highest BCUT2D eigenvalue weighted by molar-refractivity contribution is 6.07. The second-order valence-electron chi connectivity index (χ2n) is 16.0. The maximum Gasteiger partial charge on any atom is 0.262 e. The number of amides is 2. The summed E-state index contributed by atoms with van der Waals surface area (Å²) in [6.45, 7) is 19.5. The third-order valence-corrected chi connectivity index (χ3v) is 9.03. The van der Waals surface area contributed by atoms with Gasteiger partial charge in [-0.25, -0.2) is 4.99 Å². The van der Waals surface area contributed by atoms with Crippen LogP contribution in [0, 0.1) is 23.7 Å². The van der Waals surface area contributed by atoms with Crippen molar-refractivity contribution in [3.8, 4) is 0 Å². The van der Waals surface area contributed by atoms with Crippen LogP contribution in [0.4, 0.5) is 0 Å². The van der Waals surface area contributed by atoms with Crippen molar-refractivity contribution in [1.82, 2.24) is 9.80 Å². The molecule has 1 aliphatic carbocycles. The minimum Gasteiger partial charge on any atom is -0.550 e. The number of benzene rings is 2. The lowest BCUT2D eigenvalue weighted by atomic mass is 9.82. The van der Waals surface area contributed by atoms with Gasteiger partial charge < -0.3 is 20.5 Å². The van der Waals surface area contributed by atoms with Crippen molar-refractivity contribution in [3.63, 3.8) is 0 Å². The SMILES string of the molecule is CC(C)(C)C(=O)[O-].Cc1ccc([C@@]2(CC3CC3)N=C(N)N(Cc3ccc(C(C)(C)C)c(C(=O)N4CCC(C)(C)C4)c3)C2=O)cc1. The number of likely N-dealkylation sites (tertiary alicyclic amines) is 1. The molecule has 1 saturated heterocycles. The lowest BCUT2D eigenvalue weighted by molar-refractivity contribution is -0.316. The first kappa shape index (κ1) is 34.2. The van der Waals surface area contributed by atoms with Crippen LogP contribution in [0.5, 0.6) is 0 Å². The number of hydrogen-bond donors (Lipinski definition) is 1. The van der Waals surface area contributed by atoms with E-state index in [1.165, 1.54) is 0 Å². The van der Waals surface area contributed by atoms with Crippen LogP contribution in [0.2, 0.25) is 0 Å². The second kappa shape index (κ2) is 12.3. The fourth-order valence-corrected chi connectivity index (χ4v) is 5.95. The monoisotopic (exact) mass is 615 g/mol. The molecule has 0 aromatic heterocycles. The summed E-state index contributed by atoms with van der Waals surface area (Å²) >= 11 is 0. The number of carboxylic acids is 1. The van der Waals surface area contributed by atoms with E-state index in [0.717, 1.165) is 60.2 Å². The molecule has 244 valence electrons. The molecule has 2 aliphatic heterocycles. The Bertz CT molecular complexity index is 1480. The minimum atomic E-state index is -1.01. The van der Waals surface area contributed by atoms with E-state index >= 15 is 0 Å². The molecule has 2 aromatic carbocycles. The molecule has 2 heterocycles. The Morgan fingerprint density at radius 3 is 2.11 bits per heavy atom. The summed E-state index contributed by atoms with van der Waals surface area (Å²) in [6, 6.07) is 14.2. The van der Waals surface area contributed by atoms with Crippen molar-refractivity contribution in [2.75, 3.05) is 13.1 Å². The zero-order valence-electron chi connectivity index (χ0n) is 28.6. The number of carboxylic acid groups (broad SMARTS) is 1. The van der Waals surface area contributed by atoms with Gasteiger partial charge in [0.1, 0.15) is 0 Å². The van der Waals surface area contributed by atoms with E-state index in [1.54, 1.807) is 25.7 Å². The Morgan fingerprint density at radius 1 is 1.02 bits per heavy atom. The molecule has 8 heteroatoms. The topological polar surface area (TPSA) is 119 Å². The number of carbonyl (C=O) groups is 3. The maximum absolute atomic E-state index is 14.1. The second-order valence-corrected chi connectivity index (χ2v) is 16.0. The standard InChI is InChI=1S/C32H42N4O2.C5H10O2/c1-21-7-12-24(13-8-21)32(18-22-9-10-22)28(38)36(29(33)34-32)19-23-11-14-26(30(2,3)4)25(17-23)27(37)35-16-15-31(5,6)20-35;1-5(2,3)4(6)7/h7-8,11-14,17,22H,9-10,15-16,18-20H2,1-6H3,(H2,33,34);1-3H3,(H,6,7)/p-1/t32-;/m1./s1. The highest BCUT2D eigenvalue weighted by Crippen LogP contribution is 2.46. The van der Waals surface area contributed by atoms with Gasteiger partial charge in [0.2, 0.25) is 0 Å². The minimum absolute atomic E-state index is 0.0690. The summed E-state index contributed by atoms with van der Waals surface area (Å²) in [4.78, 5) is 46.2. The van der Waals surface area contributed by atoms with Gasteiger partial charge in [0.25, 0.3) is 11.8 Å². The van der Waals surface area contributed by atoms with Crippen LogP contribution in [0.25, 0.3) is 0 Å². The Hall–Kier alpha value is -3.68. The lowest BCUT2D eigenvalue weighted by Crippen LogP contribution is -2.43. The lowest BCUT2D eigenvalue weighted by Gasteiger charge is -2.28. The zero-order chi connectivity index (χ0) is 33.5. The fourth-order valence-electron chi connectivity index (χ4n) is 5.95. The highest BCUT2D eigenvalue weighted by Gasteiger charge is 2.51.